The fraction of sp³-hybridized carbons (Fsp3) is 0.0952. The van der Waals surface area contributed by atoms with Gasteiger partial charge in [-0.1, -0.05) is 35.3 Å². The molecule has 8 heteroatoms. The van der Waals surface area contributed by atoms with Crippen LogP contribution in [0.3, 0.4) is 0 Å². The zero-order valence-corrected chi connectivity index (χ0v) is 16.8. The number of halogens is 3. The van der Waals surface area contributed by atoms with Crippen molar-refractivity contribution in [2.75, 3.05) is 11.5 Å². The number of benzene rings is 2. The van der Waals surface area contributed by atoms with Gasteiger partial charge in [-0.2, -0.15) is 0 Å². The summed E-state index contributed by atoms with van der Waals surface area (Å²) < 4.78 is 25.6. The molecule has 0 spiro atoms. The van der Waals surface area contributed by atoms with Gasteiger partial charge in [0.25, 0.3) is 0 Å². The second-order valence-corrected chi connectivity index (χ2v) is 7.29. The predicted octanol–water partition coefficient (Wildman–Crippen LogP) is 6.25. The Bertz CT molecular complexity index is 1230. The van der Waals surface area contributed by atoms with E-state index >= 15 is 0 Å². The zero-order chi connectivity index (χ0) is 20.7. The summed E-state index contributed by atoms with van der Waals surface area (Å²) in [6.07, 6.45) is 2.48. The van der Waals surface area contributed by atoms with Gasteiger partial charge in [0.15, 0.2) is 11.4 Å². The van der Waals surface area contributed by atoms with Crippen LogP contribution in [0, 0.1) is 5.82 Å². The van der Waals surface area contributed by atoms with Crippen molar-refractivity contribution in [3.05, 3.63) is 70.3 Å². The topological polar surface area (TPSA) is 87.3 Å². The molecule has 0 bridgehead atoms. The van der Waals surface area contributed by atoms with Gasteiger partial charge >= 0.3 is 0 Å². The van der Waals surface area contributed by atoms with E-state index in [2.05, 4.69) is 4.98 Å². The molecule has 2 heterocycles. The largest absolute Gasteiger partial charge is 0.478 e. The van der Waals surface area contributed by atoms with Crippen LogP contribution in [0.1, 0.15) is 18.6 Å². The standard InChI is InChI=1S/C21H16Cl2FN3O2/c1-10(17-15(22)5-6-16(24)18(17)23)29-20-19-13(8-27-21(20)26)14(9-28-19)11-3-2-4-12(25)7-11/h2-10H,25H2,1H3,(H2,26,27)/t10-/m1/s1. The first-order chi connectivity index (χ1) is 13.9. The molecule has 29 heavy (non-hydrogen) atoms. The highest BCUT2D eigenvalue weighted by Crippen LogP contribution is 2.41. The Balaban J connectivity index is 1.79. The number of ether oxygens (including phenoxy) is 1. The van der Waals surface area contributed by atoms with E-state index in [1.54, 1.807) is 25.5 Å². The van der Waals surface area contributed by atoms with E-state index in [1.165, 1.54) is 12.1 Å². The number of aromatic nitrogens is 1. The quantitative estimate of drug-likeness (QED) is 0.294. The molecule has 0 aliphatic rings. The van der Waals surface area contributed by atoms with Crippen molar-refractivity contribution in [3.63, 3.8) is 0 Å². The second kappa shape index (κ2) is 7.46. The molecule has 5 nitrogen and oxygen atoms in total. The van der Waals surface area contributed by atoms with Crippen molar-refractivity contribution >= 4 is 45.7 Å². The van der Waals surface area contributed by atoms with Crippen molar-refractivity contribution in [1.29, 1.82) is 0 Å². The third-order valence-corrected chi connectivity index (χ3v) is 5.29. The number of nitrogens with zero attached hydrogens (tertiary/aromatic N) is 1. The van der Waals surface area contributed by atoms with E-state index in [1.807, 2.05) is 18.2 Å². The van der Waals surface area contributed by atoms with Crippen LogP contribution in [0.15, 0.2) is 53.3 Å². The van der Waals surface area contributed by atoms with Crippen LogP contribution >= 0.6 is 23.2 Å². The van der Waals surface area contributed by atoms with Gasteiger partial charge in [-0.25, -0.2) is 9.37 Å². The molecule has 148 valence electrons. The highest BCUT2D eigenvalue weighted by molar-refractivity contribution is 6.36. The van der Waals surface area contributed by atoms with E-state index in [0.717, 1.165) is 11.1 Å². The Morgan fingerprint density at radius 2 is 1.97 bits per heavy atom. The van der Waals surface area contributed by atoms with Crippen molar-refractivity contribution in [2.45, 2.75) is 13.0 Å². The zero-order valence-electron chi connectivity index (χ0n) is 15.2. The van der Waals surface area contributed by atoms with Crippen LogP contribution in [0.5, 0.6) is 5.75 Å². The second-order valence-electron chi connectivity index (χ2n) is 6.51. The van der Waals surface area contributed by atoms with Crippen LogP contribution in [0.4, 0.5) is 15.9 Å². The van der Waals surface area contributed by atoms with Gasteiger partial charge in [0, 0.05) is 28.0 Å². The molecule has 2 aromatic heterocycles. The minimum absolute atomic E-state index is 0.108. The number of hydrogen-bond donors (Lipinski definition) is 2. The molecule has 0 saturated heterocycles. The highest BCUT2D eigenvalue weighted by atomic mass is 35.5. The number of anilines is 2. The molecule has 1 atom stereocenters. The summed E-state index contributed by atoms with van der Waals surface area (Å²) in [5.74, 6) is -0.240. The van der Waals surface area contributed by atoms with Crippen molar-refractivity contribution in [1.82, 2.24) is 4.98 Å². The maximum absolute atomic E-state index is 13.9. The lowest BCUT2D eigenvalue weighted by atomic mass is 10.1. The molecule has 2 aromatic carbocycles. The molecule has 0 amide bonds. The monoisotopic (exact) mass is 431 g/mol. The minimum Gasteiger partial charge on any atom is -0.478 e. The summed E-state index contributed by atoms with van der Waals surface area (Å²) in [7, 11) is 0. The molecule has 0 aliphatic heterocycles. The molecule has 4 aromatic rings. The molecule has 0 unspecified atom stereocenters. The van der Waals surface area contributed by atoms with Crippen molar-refractivity contribution in [2.24, 2.45) is 0 Å². The average molecular weight is 432 g/mol. The number of nitrogens with two attached hydrogens (primary N) is 2. The first kappa shape index (κ1) is 19.4. The van der Waals surface area contributed by atoms with Crippen LogP contribution in [0.2, 0.25) is 10.0 Å². The molecule has 4 N–H and O–H groups in total. The molecular weight excluding hydrogens is 416 g/mol. The molecule has 0 saturated carbocycles. The Hall–Kier alpha value is -2.96. The highest BCUT2D eigenvalue weighted by Gasteiger charge is 2.23. The van der Waals surface area contributed by atoms with E-state index in [0.29, 0.717) is 22.2 Å². The van der Waals surface area contributed by atoms with Gasteiger partial charge in [-0.05, 0) is 36.8 Å². The first-order valence-electron chi connectivity index (χ1n) is 8.68. The van der Waals surface area contributed by atoms with Crippen molar-refractivity contribution < 1.29 is 13.5 Å². The number of pyridine rings is 1. The number of rotatable bonds is 4. The Morgan fingerprint density at radius 3 is 2.72 bits per heavy atom. The molecule has 0 aliphatic carbocycles. The summed E-state index contributed by atoms with van der Waals surface area (Å²) in [6.45, 7) is 1.69. The molecular formula is C21H16Cl2FN3O2. The SMILES string of the molecule is C[C@@H](Oc1c(N)ncc2c(-c3cccc(N)c3)coc12)c1c(Cl)ccc(F)c1Cl. The number of fused-ring (bicyclic) bond motifs is 1. The van der Waals surface area contributed by atoms with Gasteiger partial charge in [-0.15, -0.1) is 0 Å². The lowest BCUT2D eigenvalue weighted by Crippen LogP contribution is -2.08. The lowest BCUT2D eigenvalue weighted by molar-refractivity contribution is 0.227. The molecule has 0 fully saturated rings. The summed E-state index contributed by atoms with van der Waals surface area (Å²) in [6, 6.07) is 10.0. The van der Waals surface area contributed by atoms with Gasteiger partial charge in [0.2, 0.25) is 5.75 Å². The summed E-state index contributed by atoms with van der Waals surface area (Å²) in [5, 5.41) is 0.870. The molecule has 0 radical (unpaired) electrons. The summed E-state index contributed by atoms with van der Waals surface area (Å²) in [5.41, 5.74) is 14.9. The van der Waals surface area contributed by atoms with Gasteiger partial charge in [0.05, 0.1) is 16.7 Å². The van der Waals surface area contributed by atoms with Crippen LogP contribution in [-0.4, -0.2) is 4.98 Å². The number of hydrogen-bond acceptors (Lipinski definition) is 5. The normalized spacial score (nSPS) is 12.3. The van der Waals surface area contributed by atoms with E-state index in [4.69, 9.17) is 43.8 Å². The lowest BCUT2D eigenvalue weighted by Gasteiger charge is -2.18. The maximum Gasteiger partial charge on any atom is 0.205 e. The smallest absolute Gasteiger partial charge is 0.205 e. The van der Waals surface area contributed by atoms with E-state index in [9.17, 15) is 4.39 Å². The van der Waals surface area contributed by atoms with Gasteiger partial charge < -0.3 is 20.6 Å². The average Bonchev–Trinajstić information content (AvgIpc) is 3.12. The maximum atomic E-state index is 13.9. The summed E-state index contributed by atoms with van der Waals surface area (Å²) in [4.78, 5) is 4.22. The van der Waals surface area contributed by atoms with Gasteiger partial charge in [0.1, 0.15) is 11.9 Å². The van der Waals surface area contributed by atoms with Crippen LogP contribution in [-0.2, 0) is 0 Å². The fourth-order valence-corrected chi connectivity index (χ4v) is 3.85. The summed E-state index contributed by atoms with van der Waals surface area (Å²) >= 11 is 12.3. The third kappa shape index (κ3) is 3.45. The number of nitrogen functional groups attached to an aromatic ring is 2. The van der Waals surface area contributed by atoms with Crippen LogP contribution in [0.25, 0.3) is 22.1 Å². The third-order valence-electron chi connectivity index (χ3n) is 4.58. The van der Waals surface area contributed by atoms with E-state index < -0.39 is 11.9 Å². The number of furan rings is 1. The minimum atomic E-state index is -0.707. The Kier molecular flexibility index (Phi) is 4.98. The van der Waals surface area contributed by atoms with Crippen LogP contribution < -0.4 is 16.2 Å². The fourth-order valence-electron chi connectivity index (χ4n) is 3.17. The predicted molar refractivity (Wildman–Crippen MR) is 114 cm³/mol. The Labute approximate surface area is 176 Å². The first-order valence-corrected chi connectivity index (χ1v) is 9.44. The molecule has 4 rings (SSSR count). The van der Waals surface area contributed by atoms with Crippen molar-refractivity contribution in [3.8, 4) is 16.9 Å². The van der Waals surface area contributed by atoms with Gasteiger partial charge in [-0.3, -0.25) is 0 Å². The van der Waals surface area contributed by atoms with E-state index in [-0.39, 0.29) is 21.6 Å². The Morgan fingerprint density at radius 1 is 1.17 bits per heavy atom.